The zero-order chi connectivity index (χ0) is 16.8. The van der Waals surface area contributed by atoms with E-state index < -0.39 is 11.7 Å². The Kier molecular flexibility index (Phi) is 3.40. The van der Waals surface area contributed by atoms with E-state index >= 15 is 0 Å². The van der Waals surface area contributed by atoms with Gasteiger partial charge in [0.1, 0.15) is 18.0 Å². The number of aromatic hydroxyl groups is 1. The van der Waals surface area contributed by atoms with E-state index in [-0.39, 0.29) is 18.0 Å². The summed E-state index contributed by atoms with van der Waals surface area (Å²) in [7, 11) is 0. The number of nitrogens with zero attached hydrogens (tertiary/aromatic N) is 2. The molecule has 2 aromatic carbocycles. The highest BCUT2D eigenvalue weighted by Gasteiger charge is 2.31. The molecular formula is C17H16FN3O3. The van der Waals surface area contributed by atoms with Gasteiger partial charge in [-0.05, 0) is 52.9 Å². The van der Waals surface area contributed by atoms with Crippen LogP contribution >= 0.6 is 0 Å². The van der Waals surface area contributed by atoms with Gasteiger partial charge in [-0.1, -0.05) is 24.3 Å². The molecule has 4 rings (SSSR count). The van der Waals surface area contributed by atoms with Crippen LogP contribution in [-0.2, 0) is 4.79 Å². The topological polar surface area (TPSA) is 76.0 Å². The van der Waals surface area contributed by atoms with Gasteiger partial charge in [-0.3, -0.25) is 10.0 Å². The number of hydrogen-bond acceptors (Lipinski definition) is 5. The second kappa shape index (κ2) is 5.47. The van der Waals surface area contributed by atoms with Crippen LogP contribution in [0.2, 0.25) is 0 Å². The average molecular weight is 329 g/mol. The molecule has 0 spiro atoms. The number of carbonyl (C=O) groups excluding carboxylic acids is 1. The number of halogens is 1. The van der Waals surface area contributed by atoms with E-state index in [1.165, 1.54) is 30.5 Å². The van der Waals surface area contributed by atoms with Crippen molar-refractivity contribution >= 4 is 11.6 Å². The molecule has 7 heteroatoms. The molecule has 1 heterocycles. The number of hydrogen-bond donors (Lipinski definition) is 3. The highest BCUT2D eigenvalue weighted by molar-refractivity contribution is 5.84. The molecule has 0 bridgehead atoms. The van der Waals surface area contributed by atoms with Crippen molar-refractivity contribution in [2.24, 2.45) is 0 Å². The molecule has 3 N–H and O–H groups in total. The summed E-state index contributed by atoms with van der Waals surface area (Å²) in [5.41, 5.74) is 4.42. The van der Waals surface area contributed by atoms with Crippen molar-refractivity contribution < 1.29 is 19.5 Å². The molecule has 0 radical (unpaired) electrons. The Morgan fingerprint density at radius 2 is 1.83 bits per heavy atom. The molecule has 6 nitrogen and oxygen atoms in total. The van der Waals surface area contributed by atoms with Gasteiger partial charge >= 0.3 is 0 Å². The van der Waals surface area contributed by atoms with Crippen LogP contribution in [0.3, 0.4) is 0 Å². The zero-order valence-corrected chi connectivity index (χ0v) is 12.7. The van der Waals surface area contributed by atoms with E-state index in [2.05, 4.69) is 5.43 Å². The van der Waals surface area contributed by atoms with Gasteiger partial charge in [-0.2, -0.15) is 0 Å². The normalized spacial score (nSPS) is 18.1. The van der Waals surface area contributed by atoms with Gasteiger partial charge in [0.05, 0.1) is 0 Å². The van der Waals surface area contributed by atoms with E-state index in [9.17, 15) is 19.5 Å². The van der Waals surface area contributed by atoms with Crippen LogP contribution in [0.25, 0.3) is 11.1 Å². The zero-order valence-electron chi connectivity index (χ0n) is 12.7. The molecule has 0 unspecified atom stereocenters. The molecule has 1 saturated heterocycles. The van der Waals surface area contributed by atoms with Crippen LogP contribution in [0.15, 0.2) is 36.4 Å². The Morgan fingerprint density at radius 3 is 2.38 bits per heavy atom. The molecule has 1 aliphatic carbocycles. The lowest BCUT2D eigenvalue weighted by atomic mass is 10.0. The van der Waals surface area contributed by atoms with Crippen molar-refractivity contribution in [1.29, 1.82) is 0 Å². The van der Waals surface area contributed by atoms with Gasteiger partial charge < -0.3 is 5.11 Å². The Balaban J connectivity index is 1.67. The molecule has 0 atom stereocenters. The average Bonchev–Trinajstić information content (AvgIpc) is 3.33. The molecule has 2 aliphatic rings. The minimum Gasteiger partial charge on any atom is -0.506 e. The predicted molar refractivity (Wildman–Crippen MR) is 84.6 cm³/mol. The third kappa shape index (κ3) is 2.57. The first-order valence-corrected chi connectivity index (χ1v) is 7.71. The SMILES string of the molecule is O=C1CN(c2c(O)cc(-c3ccc(C4CC4)cc3)cc2F)N(O)N1. The fourth-order valence-electron chi connectivity index (χ4n) is 2.96. The molecule has 1 amide bonds. The van der Waals surface area contributed by atoms with Gasteiger partial charge in [-0.15, -0.1) is 0 Å². The Bertz CT molecular complexity index is 782. The molecule has 2 aromatic rings. The van der Waals surface area contributed by atoms with Gasteiger partial charge in [0.15, 0.2) is 5.82 Å². The van der Waals surface area contributed by atoms with Crippen molar-refractivity contribution in [2.75, 3.05) is 11.6 Å². The first-order valence-electron chi connectivity index (χ1n) is 7.71. The number of anilines is 1. The summed E-state index contributed by atoms with van der Waals surface area (Å²) >= 11 is 0. The van der Waals surface area contributed by atoms with Gasteiger partial charge in [0.25, 0.3) is 5.91 Å². The number of benzene rings is 2. The van der Waals surface area contributed by atoms with Crippen molar-refractivity contribution in [3.05, 3.63) is 47.8 Å². The molecule has 124 valence electrons. The number of phenolic OH excluding ortho intramolecular Hbond substituents is 1. The van der Waals surface area contributed by atoms with Crippen LogP contribution in [0.4, 0.5) is 10.1 Å². The van der Waals surface area contributed by atoms with Crippen LogP contribution in [0.1, 0.15) is 24.3 Å². The van der Waals surface area contributed by atoms with Crippen molar-refractivity contribution in [3.63, 3.8) is 0 Å². The van der Waals surface area contributed by atoms with Crippen molar-refractivity contribution in [2.45, 2.75) is 18.8 Å². The van der Waals surface area contributed by atoms with E-state index in [0.29, 0.717) is 16.8 Å². The molecule has 1 saturated carbocycles. The number of hydrazine groups is 2. The minimum atomic E-state index is -0.730. The summed E-state index contributed by atoms with van der Waals surface area (Å²) < 4.78 is 14.5. The summed E-state index contributed by atoms with van der Waals surface area (Å²) in [5, 5.41) is 21.1. The predicted octanol–water partition coefficient (Wildman–Crippen LogP) is 2.53. The monoisotopic (exact) mass is 329 g/mol. The smallest absolute Gasteiger partial charge is 0.258 e. The minimum absolute atomic E-state index is 0.255. The second-order valence-electron chi connectivity index (χ2n) is 6.10. The summed E-state index contributed by atoms with van der Waals surface area (Å²) in [6.45, 7) is -0.281. The van der Waals surface area contributed by atoms with Crippen molar-refractivity contribution in [3.8, 4) is 16.9 Å². The van der Waals surface area contributed by atoms with Gasteiger partial charge in [0, 0.05) is 0 Å². The largest absolute Gasteiger partial charge is 0.506 e. The lowest BCUT2D eigenvalue weighted by molar-refractivity contribution is -0.144. The Labute approximate surface area is 137 Å². The molecular weight excluding hydrogens is 313 g/mol. The molecule has 24 heavy (non-hydrogen) atoms. The van der Waals surface area contributed by atoms with Crippen LogP contribution in [0, 0.1) is 5.82 Å². The third-order valence-electron chi connectivity index (χ3n) is 4.34. The first-order chi connectivity index (χ1) is 11.5. The maximum atomic E-state index is 14.5. The number of carbonyl (C=O) groups is 1. The number of nitrogens with one attached hydrogen (secondary N) is 1. The fourth-order valence-corrected chi connectivity index (χ4v) is 2.96. The molecule has 2 fully saturated rings. The molecule has 0 aromatic heterocycles. The quantitative estimate of drug-likeness (QED) is 0.807. The summed E-state index contributed by atoms with van der Waals surface area (Å²) in [5.74, 6) is -0.947. The third-order valence-corrected chi connectivity index (χ3v) is 4.34. The second-order valence-corrected chi connectivity index (χ2v) is 6.10. The van der Waals surface area contributed by atoms with Gasteiger partial charge in [-0.25, -0.2) is 14.8 Å². The van der Waals surface area contributed by atoms with Crippen LogP contribution < -0.4 is 10.4 Å². The fraction of sp³-hybridized carbons (Fsp3) is 0.235. The maximum absolute atomic E-state index is 14.5. The standard InChI is InChI=1S/C17H16FN3O3/c18-14-7-13(12-5-3-11(4-6-12)10-1-2-10)8-15(22)17(14)20-9-16(23)19-21(20)24/h3-8,10,22,24H,1-2,9H2,(H,19,23). The molecule has 1 aliphatic heterocycles. The van der Waals surface area contributed by atoms with Crippen LogP contribution in [-0.4, -0.2) is 28.0 Å². The summed E-state index contributed by atoms with van der Waals surface area (Å²) in [6, 6.07) is 10.5. The number of amides is 1. The van der Waals surface area contributed by atoms with E-state index in [0.717, 1.165) is 10.6 Å². The van der Waals surface area contributed by atoms with E-state index in [1.807, 2.05) is 24.3 Å². The highest BCUT2D eigenvalue weighted by atomic mass is 19.1. The Morgan fingerprint density at radius 1 is 1.12 bits per heavy atom. The first kappa shape index (κ1) is 14.9. The van der Waals surface area contributed by atoms with Crippen LogP contribution in [0.5, 0.6) is 5.75 Å². The van der Waals surface area contributed by atoms with E-state index in [1.54, 1.807) is 0 Å². The lowest BCUT2D eigenvalue weighted by Gasteiger charge is -2.23. The number of rotatable bonds is 3. The highest BCUT2D eigenvalue weighted by Crippen LogP contribution is 2.41. The number of phenols is 1. The van der Waals surface area contributed by atoms with E-state index in [4.69, 9.17) is 0 Å². The van der Waals surface area contributed by atoms with Crippen molar-refractivity contribution in [1.82, 2.24) is 10.7 Å². The maximum Gasteiger partial charge on any atom is 0.258 e. The summed E-state index contributed by atoms with van der Waals surface area (Å²) in [4.78, 5) is 11.3. The lowest BCUT2D eigenvalue weighted by Crippen LogP contribution is -2.39. The Hall–Kier alpha value is -2.64. The summed E-state index contributed by atoms with van der Waals surface area (Å²) in [6.07, 6.45) is 2.42. The van der Waals surface area contributed by atoms with Gasteiger partial charge in [0.2, 0.25) is 0 Å².